The molecule has 2 rings (SSSR count). The van der Waals surface area contributed by atoms with Gasteiger partial charge in [-0.1, -0.05) is 11.6 Å². The lowest BCUT2D eigenvalue weighted by Gasteiger charge is -2.14. The van der Waals surface area contributed by atoms with Gasteiger partial charge in [0.05, 0.1) is 16.3 Å². The van der Waals surface area contributed by atoms with E-state index < -0.39 is 5.91 Å². The predicted molar refractivity (Wildman–Crippen MR) is 80.7 cm³/mol. The number of nitrogens with zero attached hydrogens (tertiary/aromatic N) is 1. The number of pyridine rings is 1. The SMILES string of the molecule is Cc1ccncc1CNc1c(Cl)cc(N)cc1C(N)=O. The largest absolute Gasteiger partial charge is 0.399 e. The van der Waals surface area contributed by atoms with E-state index in [1.54, 1.807) is 18.5 Å². The Balaban J connectivity index is 2.30. The average molecular weight is 291 g/mol. The minimum absolute atomic E-state index is 0.275. The van der Waals surface area contributed by atoms with Gasteiger partial charge in [-0.25, -0.2) is 0 Å². The molecule has 0 saturated heterocycles. The third-order valence-corrected chi connectivity index (χ3v) is 3.28. The van der Waals surface area contributed by atoms with E-state index in [1.807, 2.05) is 13.0 Å². The van der Waals surface area contributed by atoms with E-state index in [1.165, 1.54) is 6.07 Å². The Hall–Kier alpha value is -2.27. The van der Waals surface area contributed by atoms with Gasteiger partial charge in [0.15, 0.2) is 0 Å². The summed E-state index contributed by atoms with van der Waals surface area (Å²) in [7, 11) is 0. The third kappa shape index (κ3) is 3.00. The Bertz CT molecular complexity index is 658. The van der Waals surface area contributed by atoms with Gasteiger partial charge in [0.2, 0.25) is 0 Å². The maximum atomic E-state index is 11.5. The van der Waals surface area contributed by atoms with Gasteiger partial charge in [0, 0.05) is 24.6 Å². The molecule has 0 spiro atoms. The molecule has 0 aliphatic heterocycles. The first-order valence-corrected chi connectivity index (χ1v) is 6.39. The zero-order chi connectivity index (χ0) is 14.7. The number of nitrogens with two attached hydrogens (primary N) is 2. The molecule has 6 heteroatoms. The first kappa shape index (κ1) is 14.1. The molecule has 0 atom stereocenters. The van der Waals surface area contributed by atoms with Crippen LogP contribution in [-0.4, -0.2) is 10.9 Å². The number of anilines is 2. The van der Waals surface area contributed by atoms with Crippen LogP contribution in [0.15, 0.2) is 30.6 Å². The van der Waals surface area contributed by atoms with Gasteiger partial charge in [-0.2, -0.15) is 0 Å². The number of halogens is 1. The maximum Gasteiger partial charge on any atom is 0.250 e. The Morgan fingerprint density at radius 2 is 2.20 bits per heavy atom. The quantitative estimate of drug-likeness (QED) is 0.753. The highest BCUT2D eigenvalue weighted by atomic mass is 35.5. The topological polar surface area (TPSA) is 94.0 Å². The first-order chi connectivity index (χ1) is 9.49. The average Bonchev–Trinajstić information content (AvgIpc) is 2.38. The van der Waals surface area contributed by atoms with Crippen molar-refractivity contribution in [3.05, 3.63) is 52.3 Å². The number of hydrogen-bond acceptors (Lipinski definition) is 4. The number of amides is 1. The number of aryl methyl sites for hydroxylation is 1. The lowest BCUT2D eigenvalue weighted by Crippen LogP contribution is -2.15. The van der Waals surface area contributed by atoms with Crippen molar-refractivity contribution < 1.29 is 4.79 Å². The standard InChI is InChI=1S/C14H15ClN4O/c1-8-2-3-18-6-9(8)7-19-13-11(14(17)20)4-10(16)5-12(13)15/h2-6,19H,7,16H2,1H3,(H2,17,20). The van der Waals surface area contributed by atoms with Crippen LogP contribution < -0.4 is 16.8 Å². The summed E-state index contributed by atoms with van der Waals surface area (Å²) in [6, 6.07) is 5.00. The van der Waals surface area contributed by atoms with Crippen LogP contribution in [0.2, 0.25) is 5.02 Å². The van der Waals surface area contributed by atoms with Crippen molar-refractivity contribution in [2.75, 3.05) is 11.1 Å². The Morgan fingerprint density at radius 1 is 1.45 bits per heavy atom. The fourth-order valence-electron chi connectivity index (χ4n) is 1.87. The van der Waals surface area contributed by atoms with Crippen molar-refractivity contribution in [1.82, 2.24) is 4.98 Å². The Morgan fingerprint density at radius 3 is 2.85 bits per heavy atom. The fourth-order valence-corrected chi connectivity index (χ4v) is 2.16. The molecule has 0 bridgehead atoms. The van der Waals surface area contributed by atoms with E-state index >= 15 is 0 Å². The Labute approximate surface area is 121 Å². The summed E-state index contributed by atoms with van der Waals surface area (Å²) in [5.74, 6) is -0.579. The smallest absolute Gasteiger partial charge is 0.250 e. The zero-order valence-electron chi connectivity index (χ0n) is 11.0. The molecule has 5 nitrogen and oxygen atoms in total. The molecule has 1 aromatic heterocycles. The van der Waals surface area contributed by atoms with Crippen LogP contribution in [0.1, 0.15) is 21.5 Å². The summed E-state index contributed by atoms with van der Waals surface area (Å²) in [4.78, 5) is 15.5. The fraction of sp³-hybridized carbons (Fsp3) is 0.143. The summed E-state index contributed by atoms with van der Waals surface area (Å²) in [6.07, 6.45) is 3.49. The number of nitrogen functional groups attached to an aromatic ring is 1. The number of aromatic nitrogens is 1. The molecule has 1 heterocycles. The number of carbonyl (C=O) groups excluding carboxylic acids is 1. The monoisotopic (exact) mass is 290 g/mol. The molecule has 0 unspecified atom stereocenters. The lowest BCUT2D eigenvalue weighted by atomic mass is 10.1. The van der Waals surface area contributed by atoms with Crippen LogP contribution in [-0.2, 0) is 6.54 Å². The van der Waals surface area contributed by atoms with Crippen molar-refractivity contribution >= 4 is 28.9 Å². The molecule has 0 aliphatic rings. The second kappa shape index (κ2) is 5.79. The van der Waals surface area contributed by atoms with E-state index in [0.717, 1.165) is 11.1 Å². The molecule has 0 fully saturated rings. The van der Waals surface area contributed by atoms with E-state index in [4.69, 9.17) is 23.1 Å². The van der Waals surface area contributed by atoms with E-state index in [-0.39, 0.29) is 5.56 Å². The molecular weight excluding hydrogens is 276 g/mol. The van der Waals surface area contributed by atoms with Crippen molar-refractivity contribution in [3.8, 4) is 0 Å². The van der Waals surface area contributed by atoms with Crippen LogP contribution in [0.5, 0.6) is 0 Å². The van der Waals surface area contributed by atoms with Crippen molar-refractivity contribution in [1.29, 1.82) is 0 Å². The molecular formula is C14H15ClN4O. The minimum Gasteiger partial charge on any atom is -0.399 e. The molecule has 20 heavy (non-hydrogen) atoms. The molecule has 0 radical (unpaired) electrons. The van der Waals surface area contributed by atoms with Crippen LogP contribution in [0.4, 0.5) is 11.4 Å². The van der Waals surface area contributed by atoms with Crippen LogP contribution in [0.3, 0.4) is 0 Å². The second-order valence-electron chi connectivity index (χ2n) is 4.45. The van der Waals surface area contributed by atoms with Crippen molar-refractivity contribution in [3.63, 3.8) is 0 Å². The molecule has 0 saturated carbocycles. The summed E-state index contributed by atoms with van der Waals surface area (Å²) in [5.41, 5.74) is 14.3. The van der Waals surface area contributed by atoms with E-state index in [9.17, 15) is 4.79 Å². The van der Waals surface area contributed by atoms with Crippen LogP contribution in [0.25, 0.3) is 0 Å². The number of benzene rings is 1. The number of primary amides is 1. The van der Waals surface area contributed by atoms with E-state index in [2.05, 4.69) is 10.3 Å². The highest BCUT2D eigenvalue weighted by Crippen LogP contribution is 2.29. The van der Waals surface area contributed by atoms with Gasteiger partial charge in [-0.05, 0) is 36.2 Å². The highest BCUT2D eigenvalue weighted by molar-refractivity contribution is 6.34. The normalized spacial score (nSPS) is 10.3. The molecule has 0 aliphatic carbocycles. The molecule has 2 aromatic rings. The number of nitrogens with one attached hydrogen (secondary N) is 1. The molecule has 104 valence electrons. The van der Waals surface area contributed by atoms with Crippen molar-refractivity contribution in [2.45, 2.75) is 13.5 Å². The number of carbonyl (C=O) groups is 1. The minimum atomic E-state index is -0.579. The molecule has 1 amide bonds. The summed E-state index contributed by atoms with van der Waals surface area (Å²) in [5, 5.41) is 3.48. The van der Waals surface area contributed by atoms with Gasteiger partial charge in [0.1, 0.15) is 0 Å². The molecule has 5 N–H and O–H groups in total. The van der Waals surface area contributed by atoms with Gasteiger partial charge >= 0.3 is 0 Å². The third-order valence-electron chi connectivity index (χ3n) is 2.98. The van der Waals surface area contributed by atoms with E-state index in [0.29, 0.717) is 22.9 Å². The van der Waals surface area contributed by atoms with Crippen molar-refractivity contribution in [2.24, 2.45) is 5.73 Å². The second-order valence-corrected chi connectivity index (χ2v) is 4.85. The molecule has 1 aromatic carbocycles. The summed E-state index contributed by atoms with van der Waals surface area (Å²) < 4.78 is 0. The van der Waals surface area contributed by atoms with Gasteiger partial charge < -0.3 is 16.8 Å². The predicted octanol–water partition coefficient (Wildman–Crippen LogP) is 2.34. The lowest BCUT2D eigenvalue weighted by molar-refractivity contribution is 0.100. The van der Waals surface area contributed by atoms with Gasteiger partial charge in [0.25, 0.3) is 5.91 Å². The Kier molecular flexibility index (Phi) is 4.10. The summed E-state index contributed by atoms with van der Waals surface area (Å²) in [6.45, 7) is 2.47. The van der Waals surface area contributed by atoms with Gasteiger partial charge in [-0.3, -0.25) is 9.78 Å². The maximum absolute atomic E-state index is 11.5. The summed E-state index contributed by atoms with van der Waals surface area (Å²) >= 11 is 6.12. The number of rotatable bonds is 4. The zero-order valence-corrected chi connectivity index (χ0v) is 11.7. The number of hydrogen-bond donors (Lipinski definition) is 3. The van der Waals surface area contributed by atoms with Crippen LogP contribution in [0, 0.1) is 6.92 Å². The first-order valence-electron chi connectivity index (χ1n) is 6.01. The highest BCUT2D eigenvalue weighted by Gasteiger charge is 2.13. The van der Waals surface area contributed by atoms with Gasteiger partial charge in [-0.15, -0.1) is 0 Å². The van der Waals surface area contributed by atoms with Crippen LogP contribution >= 0.6 is 11.6 Å².